The van der Waals surface area contributed by atoms with Gasteiger partial charge in [0.15, 0.2) is 0 Å². The first-order chi connectivity index (χ1) is 22.0. The molecule has 45 heavy (non-hydrogen) atoms. The summed E-state index contributed by atoms with van der Waals surface area (Å²) < 4.78 is 0. The Hall–Kier alpha value is -0.690. The molecule has 5 N–H and O–H groups in total. The third-order valence-electron chi connectivity index (χ3n) is 9.57. The highest BCUT2D eigenvalue weighted by Gasteiger charge is 2.28. The van der Waals surface area contributed by atoms with Crippen LogP contribution in [-0.2, 0) is 4.79 Å². The van der Waals surface area contributed by atoms with Crippen molar-refractivity contribution in [3.8, 4) is 0 Å². The molecule has 0 heterocycles. The molecule has 0 aromatic carbocycles. The van der Waals surface area contributed by atoms with E-state index in [-0.39, 0.29) is 0 Å². The summed E-state index contributed by atoms with van der Waals surface area (Å²) in [7, 11) is 0. The van der Waals surface area contributed by atoms with Gasteiger partial charge in [-0.2, -0.15) is 0 Å². The number of carbonyl (C=O) groups is 1. The molecule has 6 heteroatoms. The minimum atomic E-state index is -1.25. The molecule has 0 rings (SSSR count). The molecule has 0 saturated carbocycles. The molecule has 0 aliphatic carbocycles. The zero-order valence-corrected chi connectivity index (χ0v) is 30.1. The summed E-state index contributed by atoms with van der Waals surface area (Å²) in [4.78, 5) is 12.3. The smallest absolute Gasteiger partial charge is 0.249 e. The average Bonchev–Trinajstić information content (AvgIpc) is 3.04. The van der Waals surface area contributed by atoms with Gasteiger partial charge in [0.2, 0.25) is 5.91 Å². The van der Waals surface area contributed by atoms with Crippen LogP contribution in [0.4, 0.5) is 0 Å². The van der Waals surface area contributed by atoms with Crippen LogP contribution in [0.5, 0.6) is 0 Å². The van der Waals surface area contributed by atoms with Gasteiger partial charge in [0.25, 0.3) is 0 Å². The van der Waals surface area contributed by atoms with Gasteiger partial charge in [-0.05, 0) is 12.8 Å². The zero-order chi connectivity index (χ0) is 33.2. The number of rotatable bonds is 36. The number of carbonyl (C=O) groups excluding carboxylic acids is 1. The minimum absolute atomic E-state index is 0.374. The summed E-state index contributed by atoms with van der Waals surface area (Å²) in [5.74, 6) is -0.587. The Morgan fingerprint density at radius 2 is 0.756 bits per heavy atom. The molecule has 0 fully saturated rings. The Morgan fingerprint density at radius 3 is 1.09 bits per heavy atom. The Balaban J connectivity index is 3.50. The first kappa shape index (κ1) is 44.3. The third kappa shape index (κ3) is 29.2. The molecule has 0 spiro atoms. The first-order valence-corrected chi connectivity index (χ1v) is 19.9. The van der Waals surface area contributed by atoms with Crippen molar-refractivity contribution in [3.63, 3.8) is 0 Å². The van der Waals surface area contributed by atoms with E-state index < -0.39 is 36.9 Å². The molecule has 6 nitrogen and oxygen atoms in total. The van der Waals surface area contributed by atoms with Crippen molar-refractivity contribution in [3.05, 3.63) is 0 Å². The molecular weight excluding hydrogens is 562 g/mol. The van der Waals surface area contributed by atoms with Crippen LogP contribution in [0.25, 0.3) is 0 Å². The first-order valence-electron chi connectivity index (χ1n) is 19.9. The van der Waals surface area contributed by atoms with Crippen molar-refractivity contribution in [2.24, 2.45) is 0 Å². The van der Waals surface area contributed by atoms with E-state index in [4.69, 9.17) is 0 Å². The van der Waals surface area contributed by atoms with Crippen LogP contribution in [0, 0.1) is 0 Å². The van der Waals surface area contributed by atoms with Crippen LogP contribution in [0.15, 0.2) is 0 Å². The van der Waals surface area contributed by atoms with Gasteiger partial charge in [-0.1, -0.05) is 200 Å². The Labute approximate surface area is 279 Å². The van der Waals surface area contributed by atoms with Crippen LogP contribution < -0.4 is 5.32 Å². The van der Waals surface area contributed by atoms with Crippen LogP contribution in [0.2, 0.25) is 0 Å². The molecule has 1 amide bonds. The summed E-state index contributed by atoms with van der Waals surface area (Å²) in [5.41, 5.74) is 0. The number of nitrogens with one attached hydrogen (secondary N) is 1. The lowest BCUT2D eigenvalue weighted by Crippen LogP contribution is -2.53. The van der Waals surface area contributed by atoms with E-state index in [9.17, 15) is 25.2 Å². The highest BCUT2D eigenvalue weighted by Crippen LogP contribution is 2.17. The van der Waals surface area contributed by atoms with E-state index in [2.05, 4.69) is 19.2 Å². The van der Waals surface area contributed by atoms with Gasteiger partial charge in [-0.3, -0.25) is 4.79 Å². The number of amides is 1. The van der Waals surface area contributed by atoms with E-state index >= 15 is 0 Å². The molecule has 4 unspecified atom stereocenters. The van der Waals surface area contributed by atoms with E-state index in [0.717, 1.165) is 44.9 Å². The summed E-state index contributed by atoms with van der Waals surface area (Å²) >= 11 is 0. The second kappa shape index (κ2) is 34.6. The number of hydrogen-bond acceptors (Lipinski definition) is 5. The topological polar surface area (TPSA) is 110 Å². The third-order valence-corrected chi connectivity index (χ3v) is 9.57. The van der Waals surface area contributed by atoms with Gasteiger partial charge in [0.1, 0.15) is 12.2 Å². The molecule has 0 aromatic rings. The molecule has 0 aliphatic heterocycles. The summed E-state index contributed by atoms with van der Waals surface area (Å²) in [6, 6.07) is -0.975. The van der Waals surface area contributed by atoms with Crippen LogP contribution in [-0.4, -0.2) is 57.3 Å². The summed E-state index contributed by atoms with van der Waals surface area (Å²) in [5, 5.41) is 42.9. The maximum atomic E-state index is 12.3. The fourth-order valence-corrected chi connectivity index (χ4v) is 6.34. The molecule has 0 aliphatic rings. The van der Waals surface area contributed by atoms with E-state index in [1.807, 2.05) is 0 Å². The van der Waals surface area contributed by atoms with Gasteiger partial charge < -0.3 is 25.7 Å². The summed E-state index contributed by atoms with van der Waals surface area (Å²) in [6.07, 6.45) is 34.9. The molecular formula is C39H79NO5. The monoisotopic (exact) mass is 642 g/mol. The predicted octanol–water partition coefficient (Wildman–Crippen LogP) is 9.68. The highest BCUT2D eigenvalue weighted by molar-refractivity contribution is 5.80. The molecule has 0 radical (unpaired) electrons. The molecule has 4 atom stereocenters. The minimum Gasteiger partial charge on any atom is -0.394 e. The Bertz CT molecular complexity index is 604. The van der Waals surface area contributed by atoms with Crippen molar-refractivity contribution < 1.29 is 25.2 Å². The van der Waals surface area contributed by atoms with Crippen molar-refractivity contribution >= 4 is 5.91 Å². The fraction of sp³-hybridized carbons (Fsp3) is 0.974. The average molecular weight is 642 g/mol. The molecule has 0 saturated heterocycles. The second-order valence-corrected chi connectivity index (χ2v) is 14.0. The van der Waals surface area contributed by atoms with Gasteiger partial charge in [0, 0.05) is 0 Å². The maximum absolute atomic E-state index is 12.3. The molecule has 0 aromatic heterocycles. The van der Waals surface area contributed by atoms with Crippen molar-refractivity contribution in [1.82, 2.24) is 5.32 Å². The highest BCUT2D eigenvalue weighted by atomic mass is 16.3. The van der Waals surface area contributed by atoms with Crippen LogP contribution >= 0.6 is 0 Å². The maximum Gasteiger partial charge on any atom is 0.249 e. The lowest BCUT2D eigenvalue weighted by Gasteiger charge is -2.27. The van der Waals surface area contributed by atoms with Crippen LogP contribution in [0.3, 0.4) is 0 Å². The number of unbranched alkanes of at least 4 members (excludes halogenated alkanes) is 27. The van der Waals surface area contributed by atoms with E-state index in [1.165, 1.54) is 141 Å². The van der Waals surface area contributed by atoms with E-state index in [0.29, 0.717) is 12.8 Å². The summed E-state index contributed by atoms with van der Waals surface area (Å²) in [6.45, 7) is 3.92. The normalized spacial score (nSPS) is 14.4. The fourth-order valence-electron chi connectivity index (χ4n) is 6.34. The van der Waals surface area contributed by atoms with Gasteiger partial charge in [-0.15, -0.1) is 0 Å². The van der Waals surface area contributed by atoms with Gasteiger partial charge in [0.05, 0.1) is 18.8 Å². The quantitative estimate of drug-likeness (QED) is 0.0438. The van der Waals surface area contributed by atoms with Crippen LogP contribution in [0.1, 0.15) is 213 Å². The SMILES string of the molecule is CCCCCCCCCCCCCCCCCCCCCCCCCCCC(O)C(=O)NC(CO)C(O)C(O)CCCCCC. The standard InChI is InChI=1S/C39H79NO5/c1-3-5-7-9-10-11-12-13-14-15-16-17-18-19-20-21-22-23-24-25-26-27-28-29-31-33-37(43)39(45)40-35(34-41)38(44)36(42)32-30-8-6-4-2/h35-38,41-44H,3-34H2,1-2H3,(H,40,45). The molecule has 270 valence electrons. The lowest BCUT2D eigenvalue weighted by molar-refractivity contribution is -0.132. The van der Waals surface area contributed by atoms with E-state index in [1.54, 1.807) is 0 Å². The Kier molecular flexibility index (Phi) is 34.1. The Morgan fingerprint density at radius 1 is 0.467 bits per heavy atom. The zero-order valence-electron chi connectivity index (χ0n) is 30.1. The van der Waals surface area contributed by atoms with Gasteiger partial charge >= 0.3 is 0 Å². The molecule has 0 bridgehead atoms. The number of aliphatic hydroxyl groups is 4. The van der Waals surface area contributed by atoms with Crippen molar-refractivity contribution in [2.45, 2.75) is 237 Å². The number of hydrogen-bond donors (Lipinski definition) is 5. The van der Waals surface area contributed by atoms with Crippen molar-refractivity contribution in [1.29, 1.82) is 0 Å². The number of aliphatic hydroxyl groups excluding tert-OH is 4. The lowest BCUT2D eigenvalue weighted by atomic mass is 9.99. The predicted molar refractivity (Wildman–Crippen MR) is 192 cm³/mol. The second-order valence-electron chi connectivity index (χ2n) is 14.0. The van der Waals surface area contributed by atoms with Crippen molar-refractivity contribution in [2.75, 3.05) is 6.61 Å². The largest absolute Gasteiger partial charge is 0.394 e. The van der Waals surface area contributed by atoms with Gasteiger partial charge in [-0.25, -0.2) is 0 Å².